The average Bonchev–Trinajstić information content (AvgIpc) is 2.88. The van der Waals surface area contributed by atoms with Crippen LogP contribution in [0.2, 0.25) is 0 Å². The molecule has 1 fully saturated rings. The highest BCUT2D eigenvalue weighted by Gasteiger charge is 2.39. The normalized spacial score (nSPS) is 18.9. The van der Waals surface area contributed by atoms with Crippen molar-refractivity contribution >= 4 is 27.2 Å². The summed E-state index contributed by atoms with van der Waals surface area (Å²) in [6.45, 7) is 2.59. The zero-order valence-electron chi connectivity index (χ0n) is 11.5. The number of nitrogens with two attached hydrogens (primary N) is 1. The third kappa shape index (κ3) is 3.02. The van der Waals surface area contributed by atoms with Crippen molar-refractivity contribution < 1.29 is 8.42 Å². The largest absolute Gasteiger partial charge is 0.392 e. The molecule has 0 saturated heterocycles. The summed E-state index contributed by atoms with van der Waals surface area (Å²) >= 11 is 5.10. The summed E-state index contributed by atoms with van der Waals surface area (Å²) in [7, 11) is -3.70. The van der Waals surface area contributed by atoms with Gasteiger partial charge in [0.1, 0.15) is 0 Å². The fraction of sp³-hybridized carbons (Fsp3) is 0.667. The van der Waals surface area contributed by atoms with Crippen LogP contribution in [0.25, 0.3) is 0 Å². The minimum atomic E-state index is -3.70. The number of aryl methyl sites for hydroxylation is 1. The first-order chi connectivity index (χ1) is 9.39. The Kier molecular flexibility index (Phi) is 4.46. The molecular weight excluding hydrogens is 296 g/mol. The number of imidazole rings is 1. The van der Waals surface area contributed by atoms with Gasteiger partial charge >= 0.3 is 0 Å². The van der Waals surface area contributed by atoms with Gasteiger partial charge in [-0.2, -0.15) is 4.72 Å². The third-order valence-corrected chi connectivity index (χ3v) is 5.57. The summed E-state index contributed by atoms with van der Waals surface area (Å²) in [5, 5.41) is 0.0144. The van der Waals surface area contributed by atoms with Crippen molar-refractivity contribution in [1.82, 2.24) is 14.3 Å². The van der Waals surface area contributed by atoms with Gasteiger partial charge in [0.05, 0.1) is 16.9 Å². The first-order valence-electron chi connectivity index (χ1n) is 6.75. The highest BCUT2D eigenvalue weighted by Crippen LogP contribution is 2.30. The molecule has 1 saturated carbocycles. The van der Waals surface area contributed by atoms with Gasteiger partial charge in [-0.25, -0.2) is 13.4 Å². The van der Waals surface area contributed by atoms with E-state index >= 15 is 0 Å². The Morgan fingerprint density at radius 1 is 1.50 bits per heavy atom. The highest BCUT2D eigenvalue weighted by atomic mass is 32.2. The zero-order valence-corrected chi connectivity index (χ0v) is 13.1. The molecule has 0 bridgehead atoms. The van der Waals surface area contributed by atoms with Crippen molar-refractivity contribution in [2.45, 2.75) is 56.1 Å². The van der Waals surface area contributed by atoms with Crippen molar-refractivity contribution in [2.24, 2.45) is 5.73 Å². The lowest BCUT2D eigenvalue weighted by molar-refractivity contribution is 0.353. The number of hydrogen-bond acceptors (Lipinski definition) is 4. The van der Waals surface area contributed by atoms with Crippen LogP contribution in [-0.2, 0) is 16.6 Å². The number of hydrogen-bond donors (Lipinski definition) is 2. The van der Waals surface area contributed by atoms with Crippen molar-refractivity contribution in [1.29, 1.82) is 0 Å². The second kappa shape index (κ2) is 5.79. The molecule has 1 aliphatic carbocycles. The Morgan fingerprint density at radius 3 is 2.65 bits per heavy atom. The minimum absolute atomic E-state index is 0.0144. The van der Waals surface area contributed by atoms with Crippen LogP contribution in [-0.4, -0.2) is 28.5 Å². The van der Waals surface area contributed by atoms with E-state index in [0.717, 1.165) is 19.3 Å². The zero-order chi connectivity index (χ0) is 14.8. The molecule has 0 aromatic carbocycles. The summed E-state index contributed by atoms with van der Waals surface area (Å²) in [6.07, 6.45) is 7.23. The minimum Gasteiger partial charge on any atom is -0.392 e. The maximum atomic E-state index is 12.4. The molecule has 8 heteroatoms. The third-order valence-electron chi connectivity index (χ3n) is 3.76. The van der Waals surface area contributed by atoms with Crippen LogP contribution >= 0.6 is 12.2 Å². The molecule has 1 aromatic rings. The Bertz CT molecular complexity index is 588. The van der Waals surface area contributed by atoms with E-state index in [4.69, 9.17) is 18.0 Å². The van der Waals surface area contributed by atoms with Gasteiger partial charge in [0.15, 0.2) is 5.03 Å². The summed E-state index contributed by atoms with van der Waals surface area (Å²) in [5.74, 6) is 0. The van der Waals surface area contributed by atoms with Gasteiger partial charge in [-0.3, -0.25) is 0 Å². The first kappa shape index (κ1) is 15.4. The molecule has 0 amide bonds. The lowest BCUT2D eigenvalue weighted by Crippen LogP contribution is -2.57. The summed E-state index contributed by atoms with van der Waals surface area (Å²) < 4.78 is 29.3. The standard InChI is InChI=1S/C12H20N4O2S2/c1-2-16-8-10(14-9-16)20(17,18)15-12(11(13)19)6-4-3-5-7-12/h8-9,15H,2-7H2,1H3,(H2,13,19). The molecule has 1 aromatic heterocycles. The van der Waals surface area contributed by atoms with Crippen LogP contribution in [0.4, 0.5) is 0 Å². The van der Waals surface area contributed by atoms with Gasteiger partial charge in [-0.15, -0.1) is 0 Å². The van der Waals surface area contributed by atoms with Crippen molar-refractivity contribution in [3.05, 3.63) is 12.5 Å². The van der Waals surface area contributed by atoms with Gasteiger partial charge in [0.25, 0.3) is 10.0 Å². The van der Waals surface area contributed by atoms with E-state index in [-0.39, 0.29) is 10.0 Å². The van der Waals surface area contributed by atoms with E-state index in [1.165, 1.54) is 12.5 Å². The van der Waals surface area contributed by atoms with E-state index in [2.05, 4.69) is 9.71 Å². The van der Waals surface area contributed by atoms with Crippen LogP contribution in [0, 0.1) is 0 Å². The SMILES string of the molecule is CCn1cnc(S(=O)(=O)NC2(C(N)=S)CCCCC2)c1. The molecule has 0 aliphatic heterocycles. The van der Waals surface area contributed by atoms with Crippen molar-refractivity contribution in [3.8, 4) is 0 Å². The Morgan fingerprint density at radius 2 is 2.15 bits per heavy atom. The lowest BCUT2D eigenvalue weighted by atomic mass is 9.82. The molecule has 3 N–H and O–H groups in total. The second-order valence-corrected chi connectivity index (χ2v) is 7.22. The first-order valence-corrected chi connectivity index (χ1v) is 8.64. The van der Waals surface area contributed by atoms with E-state index < -0.39 is 15.6 Å². The molecule has 0 atom stereocenters. The van der Waals surface area contributed by atoms with E-state index in [1.807, 2.05) is 6.92 Å². The monoisotopic (exact) mass is 316 g/mol. The van der Waals surface area contributed by atoms with E-state index in [9.17, 15) is 8.42 Å². The van der Waals surface area contributed by atoms with Crippen LogP contribution < -0.4 is 10.5 Å². The Labute approximate surface area is 124 Å². The highest BCUT2D eigenvalue weighted by molar-refractivity contribution is 7.89. The number of sulfonamides is 1. The van der Waals surface area contributed by atoms with E-state index in [0.29, 0.717) is 19.4 Å². The van der Waals surface area contributed by atoms with E-state index in [1.54, 1.807) is 4.57 Å². The van der Waals surface area contributed by atoms with Gasteiger partial charge in [0, 0.05) is 12.7 Å². The Hall–Kier alpha value is -0.990. The molecule has 0 radical (unpaired) electrons. The molecule has 1 heterocycles. The van der Waals surface area contributed by atoms with Gasteiger partial charge in [-0.05, 0) is 19.8 Å². The number of thiocarbonyl (C=S) groups is 1. The quantitative estimate of drug-likeness (QED) is 0.796. The molecule has 1 aliphatic rings. The van der Waals surface area contributed by atoms with Gasteiger partial charge in [0.2, 0.25) is 0 Å². The molecule has 20 heavy (non-hydrogen) atoms. The van der Waals surface area contributed by atoms with Crippen molar-refractivity contribution in [2.75, 3.05) is 0 Å². The van der Waals surface area contributed by atoms with Crippen LogP contribution in [0.3, 0.4) is 0 Å². The molecular formula is C12H20N4O2S2. The average molecular weight is 316 g/mol. The number of rotatable bonds is 5. The predicted octanol–water partition coefficient (Wildman–Crippen LogP) is 1.17. The fourth-order valence-electron chi connectivity index (χ4n) is 2.51. The van der Waals surface area contributed by atoms with Crippen molar-refractivity contribution in [3.63, 3.8) is 0 Å². The fourth-order valence-corrected chi connectivity index (χ4v) is 4.23. The lowest BCUT2D eigenvalue weighted by Gasteiger charge is -2.36. The molecule has 0 spiro atoms. The van der Waals surface area contributed by atoms with Gasteiger partial charge in [-0.1, -0.05) is 31.5 Å². The number of nitrogens with zero attached hydrogens (tertiary/aromatic N) is 2. The number of nitrogens with one attached hydrogen (secondary N) is 1. The smallest absolute Gasteiger partial charge is 0.260 e. The molecule has 0 unspecified atom stereocenters. The summed E-state index contributed by atoms with van der Waals surface area (Å²) in [6, 6.07) is 0. The maximum absolute atomic E-state index is 12.4. The molecule has 6 nitrogen and oxygen atoms in total. The maximum Gasteiger partial charge on any atom is 0.260 e. The summed E-state index contributed by atoms with van der Waals surface area (Å²) in [4.78, 5) is 4.16. The van der Waals surface area contributed by atoms with Crippen LogP contribution in [0.1, 0.15) is 39.0 Å². The topological polar surface area (TPSA) is 90.0 Å². The number of aromatic nitrogens is 2. The summed E-state index contributed by atoms with van der Waals surface area (Å²) in [5.41, 5.74) is 4.99. The van der Waals surface area contributed by atoms with Gasteiger partial charge < -0.3 is 10.3 Å². The predicted molar refractivity (Wildman–Crippen MR) is 80.8 cm³/mol. The van der Waals surface area contributed by atoms with Crippen LogP contribution in [0.15, 0.2) is 17.6 Å². The molecule has 112 valence electrons. The molecule has 2 rings (SSSR count). The van der Waals surface area contributed by atoms with Crippen LogP contribution in [0.5, 0.6) is 0 Å². The Balaban J connectivity index is 2.27. The second-order valence-electron chi connectivity index (χ2n) is 5.15.